The van der Waals surface area contributed by atoms with E-state index in [4.69, 9.17) is 18.7 Å². The van der Waals surface area contributed by atoms with Crippen LogP contribution < -0.4 is 14.8 Å². The molecular formula is C23H23N5O5S. The Bertz CT molecular complexity index is 1370. The number of benzene rings is 1. The molecule has 4 heterocycles. The number of ether oxygens (including phenoxy) is 3. The van der Waals surface area contributed by atoms with E-state index >= 15 is 0 Å². The lowest BCUT2D eigenvalue weighted by atomic mass is 10.1. The molecule has 1 amide bonds. The number of nitrogens with one attached hydrogen (secondary N) is 1. The van der Waals surface area contributed by atoms with Gasteiger partial charge in [-0.2, -0.15) is 10.1 Å². The first-order valence-electron chi connectivity index (χ1n) is 10.6. The van der Waals surface area contributed by atoms with Crippen molar-refractivity contribution in [3.63, 3.8) is 0 Å². The fraction of sp³-hybridized carbons (Fsp3) is 0.304. The van der Waals surface area contributed by atoms with E-state index in [0.717, 1.165) is 21.6 Å². The molecular weight excluding hydrogens is 458 g/mol. The molecule has 0 unspecified atom stereocenters. The fourth-order valence-corrected chi connectivity index (χ4v) is 5.11. The van der Waals surface area contributed by atoms with Gasteiger partial charge in [0.15, 0.2) is 5.82 Å². The molecule has 1 N–H and O–H groups in total. The van der Waals surface area contributed by atoms with E-state index in [1.807, 2.05) is 12.1 Å². The minimum atomic E-state index is -0.305. The molecule has 34 heavy (non-hydrogen) atoms. The third-order valence-electron chi connectivity index (χ3n) is 5.58. The van der Waals surface area contributed by atoms with Gasteiger partial charge in [-0.15, -0.1) is 11.3 Å². The molecule has 4 aromatic rings. The molecule has 0 bridgehead atoms. The van der Waals surface area contributed by atoms with Crippen molar-refractivity contribution < 1.29 is 23.5 Å². The van der Waals surface area contributed by atoms with Gasteiger partial charge in [0.1, 0.15) is 22.2 Å². The van der Waals surface area contributed by atoms with Crippen molar-refractivity contribution in [2.24, 2.45) is 7.05 Å². The van der Waals surface area contributed by atoms with Crippen LogP contribution in [0.5, 0.6) is 11.5 Å². The number of nitrogens with zero attached hydrogens (tertiary/aromatic N) is 4. The van der Waals surface area contributed by atoms with Crippen molar-refractivity contribution in [1.29, 1.82) is 0 Å². The Balaban J connectivity index is 1.50. The smallest absolute Gasteiger partial charge is 0.274 e. The number of rotatable bonds is 6. The second-order valence-corrected chi connectivity index (χ2v) is 8.82. The Labute approximate surface area is 199 Å². The summed E-state index contributed by atoms with van der Waals surface area (Å²) in [4.78, 5) is 18.8. The Morgan fingerprint density at radius 2 is 2.09 bits per heavy atom. The molecule has 1 aliphatic heterocycles. The van der Waals surface area contributed by atoms with Crippen LogP contribution >= 0.6 is 11.3 Å². The summed E-state index contributed by atoms with van der Waals surface area (Å²) >= 11 is 1.46. The van der Waals surface area contributed by atoms with Gasteiger partial charge < -0.3 is 24.1 Å². The van der Waals surface area contributed by atoms with Gasteiger partial charge in [0.2, 0.25) is 0 Å². The number of aryl methyl sites for hydroxylation is 2. The topological polar surface area (TPSA) is 114 Å². The standard InChI is InChI=1S/C23H23N5O5S/c1-12-24-22(33-27-12)20-14-7-8-32-11-19(14)34-23(20)25-21(29)17-10-16(26-28(17)2)15-9-13(30-3)5-6-18(15)31-4/h5-6,9-10H,7-8,11H2,1-4H3,(H,25,29). The minimum Gasteiger partial charge on any atom is -0.497 e. The minimum absolute atomic E-state index is 0.305. The average Bonchev–Trinajstić information content (AvgIpc) is 3.54. The van der Waals surface area contributed by atoms with E-state index in [0.29, 0.717) is 59.2 Å². The van der Waals surface area contributed by atoms with Crippen LogP contribution in [0.1, 0.15) is 26.8 Å². The van der Waals surface area contributed by atoms with Crippen LogP contribution in [0.15, 0.2) is 28.8 Å². The Morgan fingerprint density at radius 1 is 1.24 bits per heavy atom. The molecule has 0 radical (unpaired) electrons. The zero-order valence-electron chi connectivity index (χ0n) is 19.2. The summed E-state index contributed by atoms with van der Waals surface area (Å²) < 4.78 is 23.4. The van der Waals surface area contributed by atoms with E-state index < -0.39 is 0 Å². The average molecular weight is 482 g/mol. The van der Waals surface area contributed by atoms with Gasteiger partial charge in [-0.3, -0.25) is 9.48 Å². The Morgan fingerprint density at radius 3 is 2.82 bits per heavy atom. The highest BCUT2D eigenvalue weighted by molar-refractivity contribution is 7.17. The lowest BCUT2D eigenvalue weighted by molar-refractivity contribution is 0.101. The molecule has 1 aliphatic rings. The van der Waals surface area contributed by atoms with Crippen LogP contribution in [-0.2, 0) is 24.8 Å². The lowest BCUT2D eigenvalue weighted by Gasteiger charge is -2.12. The van der Waals surface area contributed by atoms with Gasteiger partial charge in [-0.05, 0) is 43.2 Å². The number of methoxy groups -OCH3 is 2. The first kappa shape index (κ1) is 22.1. The summed E-state index contributed by atoms with van der Waals surface area (Å²) in [6.45, 7) is 2.85. The SMILES string of the molecule is COc1ccc(OC)c(-c2cc(C(=O)Nc3sc4c(c3-c3nc(C)no3)CCOC4)n(C)n2)c1. The highest BCUT2D eigenvalue weighted by Gasteiger charge is 2.28. The molecule has 0 spiro atoms. The van der Waals surface area contributed by atoms with Crippen LogP contribution in [0, 0.1) is 6.92 Å². The highest BCUT2D eigenvalue weighted by Crippen LogP contribution is 2.43. The third-order valence-corrected chi connectivity index (χ3v) is 6.70. The molecule has 176 valence electrons. The summed E-state index contributed by atoms with van der Waals surface area (Å²) in [5.74, 6) is 1.91. The summed E-state index contributed by atoms with van der Waals surface area (Å²) in [5.41, 5.74) is 3.53. The maximum atomic E-state index is 13.3. The number of aromatic nitrogens is 4. The molecule has 0 saturated heterocycles. The number of carbonyl (C=O) groups is 1. The van der Waals surface area contributed by atoms with Gasteiger partial charge >= 0.3 is 0 Å². The second-order valence-electron chi connectivity index (χ2n) is 7.72. The van der Waals surface area contributed by atoms with Gasteiger partial charge in [-0.25, -0.2) is 0 Å². The van der Waals surface area contributed by atoms with Crippen molar-refractivity contribution >= 4 is 22.2 Å². The Kier molecular flexibility index (Phi) is 5.80. The monoisotopic (exact) mass is 481 g/mol. The third kappa shape index (κ3) is 3.93. The van der Waals surface area contributed by atoms with Crippen molar-refractivity contribution in [3.05, 3.63) is 46.2 Å². The number of fused-ring (bicyclic) bond motifs is 1. The van der Waals surface area contributed by atoms with Gasteiger partial charge in [-0.1, -0.05) is 5.16 Å². The van der Waals surface area contributed by atoms with Gasteiger partial charge in [0.05, 0.1) is 38.7 Å². The number of thiophene rings is 1. The molecule has 11 heteroatoms. The summed E-state index contributed by atoms with van der Waals surface area (Å²) in [6.07, 6.45) is 0.712. The summed E-state index contributed by atoms with van der Waals surface area (Å²) in [5, 5.41) is 12.1. The first-order chi connectivity index (χ1) is 16.5. The normalized spacial score (nSPS) is 12.9. The van der Waals surface area contributed by atoms with E-state index in [-0.39, 0.29) is 5.91 Å². The summed E-state index contributed by atoms with van der Waals surface area (Å²) in [6, 6.07) is 7.16. The maximum absolute atomic E-state index is 13.3. The second kappa shape index (κ2) is 8.92. The van der Waals surface area contributed by atoms with E-state index in [9.17, 15) is 4.79 Å². The predicted molar refractivity (Wildman–Crippen MR) is 125 cm³/mol. The van der Waals surface area contributed by atoms with Crippen LogP contribution in [0.4, 0.5) is 5.00 Å². The molecule has 5 rings (SSSR count). The number of carbonyl (C=O) groups excluding carboxylic acids is 1. The molecule has 0 fully saturated rings. The van der Waals surface area contributed by atoms with Crippen molar-refractivity contribution in [2.75, 3.05) is 26.1 Å². The molecule has 0 atom stereocenters. The van der Waals surface area contributed by atoms with Crippen LogP contribution in [-0.4, -0.2) is 46.7 Å². The highest BCUT2D eigenvalue weighted by atomic mass is 32.1. The number of anilines is 1. The van der Waals surface area contributed by atoms with Crippen LogP contribution in [0.25, 0.3) is 22.7 Å². The van der Waals surface area contributed by atoms with E-state index in [1.165, 1.54) is 16.0 Å². The zero-order chi connectivity index (χ0) is 23.8. The van der Waals surface area contributed by atoms with E-state index in [1.54, 1.807) is 40.3 Å². The quantitative estimate of drug-likeness (QED) is 0.442. The van der Waals surface area contributed by atoms with Crippen LogP contribution in [0.2, 0.25) is 0 Å². The van der Waals surface area contributed by atoms with Crippen molar-refractivity contribution in [1.82, 2.24) is 19.9 Å². The fourth-order valence-electron chi connectivity index (χ4n) is 3.94. The molecule has 0 aliphatic carbocycles. The maximum Gasteiger partial charge on any atom is 0.274 e. The van der Waals surface area contributed by atoms with E-state index in [2.05, 4.69) is 20.6 Å². The molecule has 1 aromatic carbocycles. The number of hydrogen-bond donors (Lipinski definition) is 1. The lowest BCUT2D eigenvalue weighted by Crippen LogP contribution is -2.16. The zero-order valence-corrected chi connectivity index (χ0v) is 20.0. The van der Waals surface area contributed by atoms with Gasteiger partial charge in [0.25, 0.3) is 11.8 Å². The molecule has 10 nitrogen and oxygen atoms in total. The number of amides is 1. The summed E-state index contributed by atoms with van der Waals surface area (Å²) in [7, 11) is 4.91. The van der Waals surface area contributed by atoms with Crippen molar-refractivity contribution in [2.45, 2.75) is 20.0 Å². The molecule has 3 aromatic heterocycles. The molecule has 0 saturated carbocycles. The van der Waals surface area contributed by atoms with Gasteiger partial charge in [0, 0.05) is 17.5 Å². The first-order valence-corrected chi connectivity index (χ1v) is 11.4. The Hall–Kier alpha value is -3.70. The largest absolute Gasteiger partial charge is 0.497 e. The predicted octanol–water partition coefficient (Wildman–Crippen LogP) is 3.85. The number of hydrogen-bond acceptors (Lipinski definition) is 9. The van der Waals surface area contributed by atoms with Crippen LogP contribution in [0.3, 0.4) is 0 Å². The van der Waals surface area contributed by atoms with Crippen molar-refractivity contribution in [3.8, 4) is 34.2 Å².